The van der Waals surface area contributed by atoms with Gasteiger partial charge in [-0.25, -0.2) is 0 Å². The molecule has 98 valence electrons. The molecule has 1 aliphatic heterocycles. The molecule has 2 rings (SSSR count). The third-order valence-corrected chi connectivity index (χ3v) is 4.07. The van der Waals surface area contributed by atoms with Crippen LogP contribution in [-0.4, -0.2) is 30.5 Å². The van der Waals surface area contributed by atoms with Crippen LogP contribution >= 0.6 is 11.8 Å². The molecule has 1 amide bonds. The molecule has 1 heterocycles. The number of hydrogen-bond acceptors (Lipinski definition) is 3. The van der Waals surface area contributed by atoms with E-state index in [9.17, 15) is 4.79 Å². The van der Waals surface area contributed by atoms with Gasteiger partial charge in [0.15, 0.2) is 0 Å². The highest BCUT2D eigenvalue weighted by Crippen LogP contribution is 2.25. The van der Waals surface area contributed by atoms with Crippen molar-refractivity contribution in [3.05, 3.63) is 29.8 Å². The van der Waals surface area contributed by atoms with Crippen molar-refractivity contribution < 1.29 is 4.79 Å². The van der Waals surface area contributed by atoms with Crippen molar-refractivity contribution in [3.63, 3.8) is 0 Å². The minimum absolute atomic E-state index is 0.108. The maximum absolute atomic E-state index is 12.0. The van der Waals surface area contributed by atoms with Gasteiger partial charge in [0, 0.05) is 18.7 Å². The average Bonchev–Trinajstić information content (AvgIpc) is 2.80. The van der Waals surface area contributed by atoms with Crippen LogP contribution in [0.25, 0.3) is 0 Å². The molecule has 0 spiro atoms. The summed E-state index contributed by atoms with van der Waals surface area (Å²) >= 11 is 1.82. The van der Waals surface area contributed by atoms with E-state index in [0.29, 0.717) is 5.92 Å². The summed E-state index contributed by atoms with van der Waals surface area (Å²) in [6, 6.07) is 8.00. The number of thioether (sulfide) groups is 1. The number of rotatable bonds is 5. The molecule has 2 atom stereocenters. The second-order valence-corrected chi connectivity index (χ2v) is 5.77. The highest BCUT2D eigenvalue weighted by Gasteiger charge is 2.26. The summed E-state index contributed by atoms with van der Waals surface area (Å²) in [7, 11) is 0. The van der Waals surface area contributed by atoms with Crippen molar-refractivity contribution in [2.75, 3.05) is 23.9 Å². The molecule has 3 nitrogen and oxygen atoms in total. The molecule has 0 aliphatic carbocycles. The largest absolute Gasteiger partial charge is 0.373 e. The van der Waals surface area contributed by atoms with E-state index in [1.54, 1.807) is 0 Å². The smallest absolute Gasteiger partial charge is 0.242 e. The van der Waals surface area contributed by atoms with E-state index in [0.717, 1.165) is 24.4 Å². The summed E-state index contributed by atoms with van der Waals surface area (Å²) in [5.74, 6) is 1.71. The molecule has 0 fully saturated rings. The zero-order valence-corrected chi connectivity index (χ0v) is 11.7. The maximum Gasteiger partial charge on any atom is 0.242 e. The molecule has 18 heavy (non-hydrogen) atoms. The maximum atomic E-state index is 12.0. The van der Waals surface area contributed by atoms with Gasteiger partial charge in [0.2, 0.25) is 5.91 Å². The summed E-state index contributed by atoms with van der Waals surface area (Å²) < 4.78 is 0. The fraction of sp³-hybridized carbons (Fsp3) is 0.500. The molecule has 0 saturated heterocycles. The van der Waals surface area contributed by atoms with Crippen LogP contribution in [0.2, 0.25) is 0 Å². The summed E-state index contributed by atoms with van der Waals surface area (Å²) in [4.78, 5) is 12.0. The lowest BCUT2D eigenvalue weighted by molar-refractivity contribution is -0.121. The van der Waals surface area contributed by atoms with Crippen molar-refractivity contribution in [3.8, 4) is 0 Å². The van der Waals surface area contributed by atoms with Gasteiger partial charge in [0.05, 0.1) is 0 Å². The Kier molecular flexibility index (Phi) is 4.53. The Labute approximate surface area is 113 Å². The lowest BCUT2D eigenvalue weighted by Crippen LogP contribution is -2.40. The monoisotopic (exact) mass is 264 g/mol. The molecule has 1 aromatic carbocycles. The molecule has 0 radical (unpaired) electrons. The molecule has 4 heteroatoms. The Bertz CT molecular complexity index is 397. The number of amides is 1. The zero-order chi connectivity index (χ0) is 13.0. The second kappa shape index (κ2) is 6.14. The molecule has 0 saturated carbocycles. The quantitative estimate of drug-likeness (QED) is 0.856. The number of para-hydroxylation sites is 1. The molecular formula is C14H20N2OS. The first-order chi connectivity index (χ1) is 8.70. The highest BCUT2D eigenvalue weighted by molar-refractivity contribution is 7.98. The molecule has 1 aliphatic rings. The van der Waals surface area contributed by atoms with Crippen LogP contribution in [-0.2, 0) is 11.2 Å². The Hall–Kier alpha value is -1.16. The standard InChI is InChI=1S/C14H20N2OS/c1-10(9-18-2)8-15-14(17)13-7-11-5-3-4-6-12(11)16-13/h3-6,10,13,16H,7-9H2,1-2H3,(H,15,17). The number of hydrogen-bond donors (Lipinski definition) is 2. The number of benzene rings is 1. The van der Waals surface area contributed by atoms with E-state index in [4.69, 9.17) is 0 Å². The number of carbonyl (C=O) groups excluding carboxylic acids is 1. The van der Waals surface area contributed by atoms with Crippen LogP contribution in [0.3, 0.4) is 0 Å². The van der Waals surface area contributed by atoms with E-state index >= 15 is 0 Å². The van der Waals surface area contributed by atoms with Crippen molar-refractivity contribution in [2.24, 2.45) is 5.92 Å². The van der Waals surface area contributed by atoms with Crippen LogP contribution in [0.4, 0.5) is 5.69 Å². The van der Waals surface area contributed by atoms with Crippen LogP contribution in [0.1, 0.15) is 12.5 Å². The van der Waals surface area contributed by atoms with Crippen LogP contribution < -0.4 is 10.6 Å². The second-order valence-electron chi connectivity index (χ2n) is 4.86. The van der Waals surface area contributed by atoms with Crippen molar-refractivity contribution in [1.29, 1.82) is 0 Å². The van der Waals surface area contributed by atoms with Gasteiger partial charge in [-0.2, -0.15) is 11.8 Å². The number of anilines is 1. The van der Waals surface area contributed by atoms with Gasteiger partial charge in [-0.3, -0.25) is 4.79 Å². The van der Waals surface area contributed by atoms with Crippen molar-refractivity contribution in [2.45, 2.75) is 19.4 Å². The van der Waals surface area contributed by atoms with Crippen molar-refractivity contribution >= 4 is 23.4 Å². The number of carbonyl (C=O) groups is 1. The van der Waals surface area contributed by atoms with E-state index in [-0.39, 0.29) is 11.9 Å². The Balaban J connectivity index is 1.82. The van der Waals surface area contributed by atoms with Gasteiger partial charge in [0.1, 0.15) is 6.04 Å². The summed E-state index contributed by atoms with van der Waals surface area (Å²) in [5, 5.41) is 6.30. The van der Waals surface area contributed by atoms with Gasteiger partial charge >= 0.3 is 0 Å². The molecular weight excluding hydrogens is 244 g/mol. The highest BCUT2D eigenvalue weighted by atomic mass is 32.2. The minimum Gasteiger partial charge on any atom is -0.373 e. The average molecular weight is 264 g/mol. The first-order valence-corrected chi connectivity index (χ1v) is 7.71. The van der Waals surface area contributed by atoms with E-state index in [2.05, 4.69) is 29.9 Å². The normalized spacial score (nSPS) is 18.9. The number of fused-ring (bicyclic) bond motifs is 1. The molecule has 0 bridgehead atoms. The predicted molar refractivity (Wildman–Crippen MR) is 78.1 cm³/mol. The van der Waals surface area contributed by atoms with Gasteiger partial charge in [0.25, 0.3) is 0 Å². The first kappa shape index (κ1) is 13.3. The minimum atomic E-state index is -0.108. The fourth-order valence-electron chi connectivity index (χ4n) is 2.20. The lowest BCUT2D eigenvalue weighted by Gasteiger charge is -2.15. The SMILES string of the molecule is CSCC(C)CNC(=O)C1Cc2ccccc2N1. The Morgan fingerprint density at radius 2 is 2.33 bits per heavy atom. The van der Waals surface area contributed by atoms with Gasteiger partial charge in [-0.05, 0) is 29.6 Å². The molecule has 1 aromatic rings. The van der Waals surface area contributed by atoms with Gasteiger partial charge in [-0.1, -0.05) is 25.1 Å². The molecule has 2 unspecified atom stereocenters. The van der Waals surface area contributed by atoms with E-state index < -0.39 is 0 Å². The first-order valence-electron chi connectivity index (χ1n) is 6.31. The zero-order valence-electron chi connectivity index (χ0n) is 10.9. The summed E-state index contributed by atoms with van der Waals surface area (Å²) in [6.07, 6.45) is 2.88. The fourth-order valence-corrected chi connectivity index (χ4v) is 2.88. The third-order valence-electron chi connectivity index (χ3n) is 3.16. The van der Waals surface area contributed by atoms with E-state index in [1.807, 2.05) is 30.0 Å². The van der Waals surface area contributed by atoms with Crippen molar-refractivity contribution in [1.82, 2.24) is 5.32 Å². The van der Waals surface area contributed by atoms with E-state index in [1.165, 1.54) is 5.56 Å². The van der Waals surface area contributed by atoms with Crippen LogP contribution in [0.5, 0.6) is 0 Å². The Morgan fingerprint density at radius 3 is 3.06 bits per heavy atom. The summed E-state index contributed by atoms with van der Waals surface area (Å²) in [5.41, 5.74) is 2.32. The lowest BCUT2D eigenvalue weighted by atomic mass is 10.1. The van der Waals surface area contributed by atoms with Gasteiger partial charge < -0.3 is 10.6 Å². The van der Waals surface area contributed by atoms with Crippen LogP contribution in [0.15, 0.2) is 24.3 Å². The molecule has 0 aromatic heterocycles. The topological polar surface area (TPSA) is 41.1 Å². The van der Waals surface area contributed by atoms with Gasteiger partial charge in [-0.15, -0.1) is 0 Å². The summed E-state index contributed by atoms with van der Waals surface area (Å²) in [6.45, 7) is 2.92. The Morgan fingerprint density at radius 1 is 1.56 bits per heavy atom. The van der Waals surface area contributed by atoms with Crippen LogP contribution in [0, 0.1) is 5.92 Å². The molecule has 2 N–H and O–H groups in total. The predicted octanol–water partition coefficient (Wildman–Crippen LogP) is 2.14. The number of nitrogens with one attached hydrogen (secondary N) is 2. The third kappa shape index (κ3) is 3.19.